The van der Waals surface area contributed by atoms with Crippen molar-refractivity contribution in [2.24, 2.45) is 16.8 Å². The number of alkyl carbamates (subject to hydrolysis) is 1. The van der Waals surface area contributed by atoms with Crippen LogP contribution in [0.4, 0.5) is 9.59 Å². The maximum absolute atomic E-state index is 13.2. The van der Waals surface area contributed by atoms with Crippen LogP contribution < -0.4 is 15.4 Å². The minimum atomic E-state index is -1.00. The summed E-state index contributed by atoms with van der Waals surface area (Å²) in [5.74, 6) is -1.59. The minimum absolute atomic E-state index is 0.0613. The average molecular weight is 564 g/mol. The van der Waals surface area contributed by atoms with E-state index in [0.717, 1.165) is 25.7 Å². The second kappa shape index (κ2) is 13.3. The van der Waals surface area contributed by atoms with Gasteiger partial charge in [-0.15, -0.1) is 0 Å². The summed E-state index contributed by atoms with van der Waals surface area (Å²) < 4.78 is 16.3. The quantitative estimate of drug-likeness (QED) is 0.314. The Kier molecular flexibility index (Phi) is 10.4. The van der Waals surface area contributed by atoms with Gasteiger partial charge in [-0.3, -0.25) is 4.79 Å². The van der Waals surface area contributed by atoms with E-state index in [2.05, 4.69) is 15.6 Å². The van der Waals surface area contributed by atoms with Crippen molar-refractivity contribution in [2.75, 3.05) is 6.61 Å². The summed E-state index contributed by atoms with van der Waals surface area (Å²) in [6.07, 6.45) is 5.20. The number of benzene rings is 1. The van der Waals surface area contributed by atoms with Gasteiger partial charge in [0.2, 0.25) is 0 Å². The third kappa shape index (κ3) is 8.68. The predicted molar refractivity (Wildman–Crippen MR) is 146 cm³/mol. The molecule has 3 unspecified atom stereocenters. The van der Waals surface area contributed by atoms with E-state index < -0.39 is 47.7 Å². The average Bonchev–Trinajstić information content (AvgIpc) is 2.87. The summed E-state index contributed by atoms with van der Waals surface area (Å²) in [5, 5.41) is 5.27. The summed E-state index contributed by atoms with van der Waals surface area (Å²) in [6.45, 7) is 8.77. The molecular formula is C28H38ClN3O7. The number of nitrogens with zero attached hydrogens (tertiary/aromatic N) is 1. The van der Waals surface area contributed by atoms with E-state index in [4.69, 9.17) is 25.8 Å². The minimum Gasteiger partial charge on any atom is -0.465 e. The molecule has 39 heavy (non-hydrogen) atoms. The number of rotatable bonds is 8. The van der Waals surface area contributed by atoms with Gasteiger partial charge in [-0.25, -0.2) is 19.4 Å². The van der Waals surface area contributed by atoms with Crippen LogP contribution in [0.3, 0.4) is 0 Å². The van der Waals surface area contributed by atoms with E-state index in [1.807, 2.05) is 6.92 Å². The lowest BCUT2D eigenvalue weighted by Gasteiger charge is -2.31. The van der Waals surface area contributed by atoms with Crippen molar-refractivity contribution in [2.45, 2.75) is 90.8 Å². The van der Waals surface area contributed by atoms with Crippen LogP contribution in [0, 0.1) is 11.8 Å². The van der Waals surface area contributed by atoms with Crippen LogP contribution in [-0.2, 0) is 19.1 Å². The zero-order valence-corrected chi connectivity index (χ0v) is 23.9. The fourth-order valence-corrected chi connectivity index (χ4v) is 4.89. The monoisotopic (exact) mass is 563 g/mol. The van der Waals surface area contributed by atoms with Crippen molar-refractivity contribution in [3.8, 4) is 5.75 Å². The van der Waals surface area contributed by atoms with Crippen molar-refractivity contribution in [3.05, 3.63) is 28.8 Å². The van der Waals surface area contributed by atoms with Gasteiger partial charge in [0, 0.05) is 5.71 Å². The summed E-state index contributed by atoms with van der Waals surface area (Å²) in [5.41, 5.74) is 0.253. The first-order chi connectivity index (χ1) is 18.4. The van der Waals surface area contributed by atoms with E-state index in [1.165, 1.54) is 25.5 Å². The van der Waals surface area contributed by atoms with Gasteiger partial charge in [0.1, 0.15) is 23.3 Å². The molecule has 0 saturated heterocycles. The van der Waals surface area contributed by atoms with Crippen molar-refractivity contribution in [1.29, 1.82) is 0 Å². The molecular weight excluding hydrogens is 526 g/mol. The van der Waals surface area contributed by atoms with Gasteiger partial charge < -0.3 is 24.8 Å². The fraction of sp³-hybridized carbons (Fsp3) is 0.607. The molecule has 1 fully saturated rings. The Morgan fingerprint density at radius 3 is 2.49 bits per heavy atom. The largest absolute Gasteiger partial charge is 0.465 e. The molecule has 1 saturated carbocycles. The summed E-state index contributed by atoms with van der Waals surface area (Å²) in [7, 11) is 0. The lowest BCUT2D eigenvalue weighted by atomic mass is 9.86. The second-order valence-electron chi connectivity index (χ2n) is 11.0. The Morgan fingerprint density at radius 1 is 1.18 bits per heavy atom. The summed E-state index contributed by atoms with van der Waals surface area (Å²) in [4.78, 5) is 54.1. The van der Waals surface area contributed by atoms with Crippen LogP contribution in [0.15, 0.2) is 23.2 Å². The van der Waals surface area contributed by atoms with Crippen LogP contribution in [-0.4, -0.2) is 48.0 Å². The zero-order chi connectivity index (χ0) is 28.7. The van der Waals surface area contributed by atoms with Crippen LogP contribution >= 0.6 is 11.6 Å². The maximum atomic E-state index is 13.2. The normalized spacial score (nSPS) is 20.8. The Morgan fingerprint density at radius 2 is 1.87 bits per heavy atom. The molecule has 0 aromatic heterocycles. The standard InChI is InChI=1S/C28H38ClN3O7/c1-6-20-22(25(34)37-15-17-10-8-7-9-11-17)23(32-26(35)31-20)18-12-13-21(19(29)14-18)38-24(33)16(2)30-27(36)39-28(3,4)5/h12-14,16-17,22-23H,6-11,15H2,1-5H3,(H,30,36)(H,32,35). The number of esters is 2. The number of carbonyl (C=O) groups is 4. The van der Waals surface area contributed by atoms with E-state index in [-0.39, 0.29) is 10.8 Å². The molecule has 0 spiro atoms. The molecule has 1 aromatic carbocycles. The Bertz CT molecular complexity index is 1110. The molecule has 1 aliphatic heterocycles. The number of carbonyl (C=O) groups excluding carboxylic acids is 4. The Labute approximate surface area is 234 Å². The Hall–Kier alpha value is -3.14. The number of hydrogen-bond donors (Lipinski definition) is 2. The molecule has 2 aliphatic rings. The van der Waals surface area contributed by atoms with Gasteiger partial charge >= 0.3 is 24.1 Å². The second-order valence-corrected chi connectivity index (χ2v) is 11.4. The number of hydrogen-bond acceptors (Lipinski definition) is 7. The number of amides is 3. The molecule has 1 aliphatic carbocycles. The van der Waals surface area contributed by atoms with Crippen molar-refractivity contribution in [3.63, 3.8) is 0 Å². The third-order valence-electron chi connectivity index (χ3n) is 6.63. The highest BCUT2D eigenvalue weighted by Crippen LogP contribution is 2.34. The Balaban J connectivity index is 1.72. The molecule has 1 aromatic rings. The van der Waals surface area contributed by atoms with Crippen LogP contribution in [0.2, 0.25) is 5.02 Å². The molecule has 3 amide bonds. The molecule has 0 bridgehead atoms. The SMILES string of the molecule is CCC1=NC(=O)NC(c2ccc(OC(=O)C(C)NC(=O)OC(C)(C)C)c(Cl)c2)C1C(=O)OCC1CCCCC1. The topological polar surface area (TPSA) is 132 Å². The summed E-state index contributed by atoms with van der Waals surface area (Å²) >= 11 is 6.44. The highest BCUT2D eigenvalue weighted by molar-refractivity contribution is 6.32. The van der Waals surface area contributed by atoms with Gasteiger partial charge in [0.15, 0.2) is 0 Å². The summed E-state index contributed by atoms with van der Waals surface area (Å²) in [6, 6.07) is 2.32. The first-order valence-corrected chi connectivity index (χ1v) is 13.8. The van der Waals surface area contributed by atoms with Crippen LogP contribution in [0.25, 0.3) is 0 Å². The molecule has 3 atom stereocenters. The smallest absolute Gasteiger partial charge is 0.408 e. The number of halogens is 1. The molecule has 214 valence electrons. The highest BCUT2D eigenvalue weighted by Gasteiger charge is 2.39. The number of nitrogens with one attached hydrogen (secondary N) is 2. The molecule has 10 nitrogen and oxygen atoms in total. The number of ether oxygens (including phenoxy) is 3. The van der Waals surface area contributed by atoms with E-state index in [9.17, 15) is 19.2 Å². The predicted octanol–water partition coefficient (Wildman–Crippen LogP) is 5.51. The third-order valence-corrected chi connectivity index (χ3v) is 6.93. The van der Waals surface area contributed by atoms with Gasteiger partial charge in [0.05, 0.1) is 17.7 Å². The first-order valence-electron chi connectivity index (χ1n) is 13.4. The van der Waals surface area contributed by atoms with Crippen molar-refractivity contribution >= 4 is 41.4 Å². The van der Waals surface area contributed by atoms with Gasteiger partial charge in [-0.05, 0) is 70.6 Å². The lowest BCUT2D eigenvalue weighted by molar-refractivity contribution is -0.148. The molecule has 11 heteroatoms. The van der Waals surface area contributed by atoms with Crippen LogP contribution in [0.1, 0.15) is 84.7 Å². The van der Waals surface area contributed by atoms with E-state index in [0.29, 0.717) is 30.2 Å². The highest BCUT2D eigenvalue weighted by atomic mass is 35.5. The number of urea groups is 1. The van der Waals surface area contributed by atoms with Gasteiger partial charge in [-0.1, -0.05) is 43.9 Å². The maximum Gasteiger partial charge on any atom is 0.408 e. The molecule has 2 N–H and O–H groups in total. The zero-order valence-electron chi connectivity index (χ0n) is 23.2. The van der Waals surface area contributed by atoms with Crippen molar-refractivity contribution in [1.82, 2.24) is 10.6 Å². The fourth-order valence-electron chi connectivity index (χ4n) is 4.66. The van der Waals surface area contributed by atoms with Gasteiger partial charge in [-0.2, -0.15) is 0 Å². The van der Waals surface area contributed by atoms with E-state index in [1.54, 1.807) is 26.8 Å². The molecule has 0 radical (unpaired) electrons. The lowest BCUT2D eigenvalue weighted by Crippen LogP contribution is -2.45. The van der Waals surface area contributed by atoms with Crippen molar-refractivity contribution < 1.29 is 33.4 Å². The first kappa shape index (κ1) is 30.4. The van der Waals surface area contributed by atoms with E-state index >= 15 is 0 Å². The number of aliphatic imine (C=N–C) groups is 1. The van der Waals surface area contributed by atoms with Crippen LogP contribution in [0.5, 0.6) is 5.75 Å². The van der Waals surface area contributed by atoms with Gasteiger partial charge in [0.25, 0.3) is 0 Å². The molecule has 1 heterocycles. The molecule has 3 rings (SSSR count).